The molecule has 0 atom stereocenters. The van der Waals surface area contributed by atoms with Crippen LogP contribution in [0, 0.1) is 21.4 Å². The lowest BCUT2D eigenvalue weighted by atomic mass is 10.1. The van der Waals surface area contributed by atoms with Gasteiger partial charge in [-0.1, -0.05) is 24.3 Å². The first-order chi connectivity index (χ1) is 17.8. The van der Waals surface area contributed by atoms with Gasteiger partial charge >= 0.3 is 17.7 Å². The van der Waals surface area contributed by atoms with E-state index in [1.165, 1.54) is 43.5 Å². The maximum Gasteiger partial charge on any atom is 0.373 e. The first-order valence-electron chi connectivity index (χ1n) is 10.7. The van der Waals surface area contributed by atoms with E-state index in [1.807, 2.05) is 6.07 Å². The highest BCUT2D eigenvalue weighted by Crippen LogP contribution is 2.30. The number of furan rings is 1. The van der Waals surface area contributed by atoms with Crippen molar-refractivity contribution in [2.24, 2.45) is 0 Å². The predicted molar refractivity (Wildman–Crippen MR) is 126 cm³/mol. The zero-order valence-electron chi connectivity index (χ0n) is 19.3. The Kier molecular flexibility index (Phi) is 6.97. The summed E-state index contributed by atoms with van der Waals surface area (Å²) in [6, 6.07) is 14.9. The van der Waals surface area contributed by atoms with Crippen molar-refractivity contribution in [2.75, 3.05) is 7.11 Å². The number of nitriles is 1. The molecule has 1 aliphatic heterocycles. The number of amides is 3. The van der Waals surface area contributed by atoms with E-state index in [4.69, 9.17) is 9.15 Å². The van der Waals surface area contributed by atoms with Crippen LogP contribution in [0.3, 0.4) is 0 Å². The Balaban J connectivity index is 1.51. The number of urea groups is 1. The molecule has 1 N–H and O–H groups in total. The maximum atomic E-state index is 12.8. The lowest BCUT2D eigenvalue weighted by Gasteiger charge is -2.09. The van der Waals surface area contributed by atoms with Gasteiger partial charge in [-0.15, -0.1) is 0 Å². The van der Waals surface area contributed by atoms with Crippen LogP contribution in [0.25, 0.3) is 6.08 Å². The van der Waals surface area contributed by atoms with Crippen LogP contribution in [0.2, 0.25) is 0 Å². The second-order valence-electron chi connectivity index (χ2n) is 7.68. The van der Waals surface area contributed by atoms with Crippen molar-refractivity contribution < 1.29 is 33.2 Å². The molecule has 12 nitrogen and oxygen atoms in total. The summed E-state index contributed by atoms with van der Waals surface area (Å²) in [6.45, 7) is -0.297. The molecule has 0 aliphatic carbocycles. The molecule has 0 radical (unpaired) electrons. The number of benzene rings is 2. The van der Waals surface area contributed by atoms with E-state index in [0.29, 0.717) is 11.1 Å². The molecule has 0 saturated carbocycles. The third-order valence-corrected chi connectivity index (χ3v) is 5.34. The molecule has 3 amide bonds. The number of rotatable bonds is 8. The number of carbonyl (C=O) groups excluding carboxylic acids is 3. The van der Waals surface area contributed by atoms with Gasteiger partial charge in [0.1, 0.15) is 18.1 Å². The van der Waals surface area contributed by atoms with Crippen LogP contribution in [0.15, 0.2) is 64.7 Å². The van der Waals surface area contributed by atoms with Crippen molar-refractivity contribution in [3.8, 4) is 11.8 Å². The molecule has 1 aliphatic rings. The van der Waals surface area contributed by atoms with Gasteiger partial charge in [0, 0.05) is 11.6 Å². The Morgan fingerprint density at radius 1 is 1.22 bits per heavy atom. The number of nitro groups is 1. The van der Waals surface area contributed by atoms with Gasteiger partial charge < -0.3 is 19.2 Å². The van der Waals surface area contributed by atoms with Gasteiger partial charge in [-0.05, 0) is 35.9 Å². The molecule has 4 rings (SSSR count). The number of carbonyl (C=O) groups is 3. The van der Waals surface area contributed by atoms with E-state index in [1.54, 1.807) is 24.3 Å². The SMILES string of the molecule is COC(=O)c1ccc(CN2C(=O)N/C(=C\c3ccc(OCc4ccccc4C#N)c([N+](=O)[O-])c3)C2=O)o1. The normalized spacial score (nSPS) is 13.8. The largest absolute Gasteiger partial charge is 0.482 e. The second kappa shape index (κ2) is 10.4. The lowest BCUT2D eigenvalue weighted by Crippen LogP contribution is -2.30. The van der Waals surface area contributed by atoms with Crippen molar-refractivity contribution in [1.82, 2.24) is 10.2 Å². The smallest absolute Gasteiger partial charge is 0.373 e. The highest BCUT2D eigenvalue weighted by molar-refractivity contribution is 6.13. The lowest BCUT2D eigenvalue weighted by molar-refractivity contribution is -0.386. The van der Waals surface area contributed by atoms with Gasteiger partial charge in [0.05, 0.1) is 30.2 Å². The maximum absolute atomic E-state index is 12.8. The zero-order valence-corrected chi connectivity index (χ0v) is 19.3. The Bertz CT molecular complexity index is 1480. The van der Waals surface area contributed by atoms with Gasteiger partial charge in [0.15, 0.2) is 5.75 Å². The molecule has 1 aromatic heterocycles. The summed E-state index contributed by atoms with van der Waals surface area (Å²) in [5.74, 6) is -1.31. The number of ether oxygens (including phenoxy) is 2. The predicted octanol–water partition coefficient (Wildman–Crippen LogP) is 3.52. The molecule has 2 heterocycles. The minimum atomic E-state index is -0.724. The molecular formula is C25H18N4O8. The second-order valence-corrected chi connectivity index (χ2v) is 7.68. The van der Waals surface area contributed by atoms with Gasteiger partial charge in [0.25, 0.3) is 5.91 Å². The topological polar surface area (TPSA) is 165 Å². The van der Waals surface area contributed by atoms with Gasteiger partial charge in [0.2, 0.25) is 5.76 Å². The number of nitrogens with one attached hydrogen (secondary N) is 1. The van der Waals surface area contributed by atoms with Gasteiger partial charge in [-0.3, -0.25) is 19.8 Å². The summed E-state index contributed by atoms with van der Waals surface area (Å²) in [5, 5.41) is 23.3. The average Bonchev–Trinajstić information content (AvgIpc) is 3.47. The van der Waals surface area contributed by atoms with E-state index >= 15 is 0 Å². The molecule has 1 saturated heterocycles. The molecule has 1 fully saturated rings. The molecule has 3 aromatic rings. The summed E-state index contributed by atoms with van der Waals surface area (Å²) >= 11 is 0. The monoisotopic (exact) mass is 502 g/mol. The molecule has 37 heavy (non-hydrogen) atoms. The van der Waals surface area contributed by atoms with Gasteiger partial charge in [-0.25, -0.2) is 9.59 Å². The summed E-state index contributed by atoms with van der Waals surface area (Å²) in [6.07, 6.45) is 1.30. The summed E-state index contributed by atoms with van der Waals surface area (Å²) in [4.78, 5) is 48.6. The quantitative estimate of drug-likeness (QED) is 0.159. The molecule has 0 bridgehead atoms. The fourth-order valence-electron chi connectivity index (χ4n) is 3.51. The molecule has 2 aromatic carbocycles. The summed E-state index contributed by atoms with van der Waals surface area (Å²) in [7, 11) is 1.19. The van der Waals surface area contributed by atoms with Crippen LogP contribution in [0.1, 0.15) is 33.0 Å². The standard InChI is InChI=1S/C25H18N4O8/c1-35-24(31)22-9-7-18(37-22)13-28-23(30)19(27-25(28)32)10-15-6-8-21(20(11-15)29(33)34)36-14-17-5-3-2-4-16(17)12-26/h2-11H,13-14H2,1H3,(H,27,32)/b19-10-. The number of imide groups is 1. The van der Waals surface area contributed by atoms with E-state index in [0.717, 1.165) is 4.90 Å². The number of hydrogen-bond donors (Lipinski definition) is 1. The Hall–Kier alpha value is -5.44. The van der Waals surface area contributed by atoms with Crippen LogP contribution in [-0.4, -0.2) is 34.8 Å². The van der Waals surface area contributed by atoms with E-state index < -0.39 is 22.8 Å². The molecule has 0 unspecified atom stereocenters. The van der Waals surface area contributed by atoms with Crippen molar-refractivity contribution >= 4 is 29.7 Å². The molecule has 12 heteroatoms. The highest BCUT2D eigenvalue weighted by Gasteiger charge is 2.34. The van der Waals surface area contributed by atoms with Crippen molar-refractivity contribution in [3.05, 3.63) is 98.6 Å². The van der Waals surface area contributed by atoms with Crippen LogP contribution in [0.4, 0.5) is 10.5 Å². The van der Waals surface area contributed by atoms with Crippen LogP contribution in [-0.2, 0) is 22.7 Å². The Morgan fingerprint density at radius 2 is 2.00 bits per heavy atom. The first kappa shape index (κ1) is 24.7. The van der Waals surface area contributed by atoms with Crippen molar-refractivity contribution in [2.45, 2.75) is 13.2 Å². The third kappa shape index (κ3) is 5.30. The highest BCUT2D eigenvalue weighted by atomic mass is 16.6. The average molecular weight is 502 g/mol. The van der Waals surface area contributed by atoms with Crippen LogP contribution in [0.5, 0.6) is 5.75 Å². The number of hydrogen-bond acceptors (Lipinski definition) is 9. The van der Waals surface area contributed by atoms with Crippen LogP contribution < -0.4 is 10.1 Å². The molecule has 0 spiro atoms. The third-order valence-electron chi connectivity index (χ3n) is 5.34. The van der Waals surface area contributed by atoms with E-state index in [2.05, 4.69) is 10.1 Å². The zero-order chi connectivity index (χ0) is 26.5. The van der Waals surface area contributed by atoms with Crippen molar-refractivity contribution in [1.29, 1.82) is 5.26 Å². The van der Waals surface area contributed by atoms with Crippen molar-refractivity contribution in [3.63, 3.8) is 0 Å². The summed E-state index contributed by atoms with van der Waals surface area (Å²) in [5.41, 5.74) is 0.773. The Morgan fingerprint density at radius 3 is 2.73 bits per heavy atom. The fraction of sp³-hybridized carbons (Fsp3) is 0.120. The molecular weight excluding hydrogens is 484 g/mol. The summed E-state index contributed by atoms with van der Waals surface area (Å²) < 4.78 is 15.5. The number of nitro benzene ring substituents is 1. The Labute approximate surface area is 209 Å². The first-order valence-corrected chi connectivity index (χ1v) is 10.7. The van der Waals surface area contributed by atoms with E-state index in [-0.39, 0.29) is 47.4 Å². The fourth-order valence-corrected chi connectivity index (χ4v) is 3.51. The number of methoxy groups -OCH3 is 1. The minimum Gasteiger partial charge on any atom is -0.482 e. The minimum absolute atomic E-state index is 0.0254. The number of nitrogens with zero attached hydrogens (tertiary/aromatic N) is 3. The number of esters is 1. The molecule has 186 valence electrons. The van der Waals surface area contributed by atoms with Crippen LogP contribution >= 0.6 is 0 Å². The van der Waals surface area contributed by atoms with E-state index in [9.17, 15) is 29.8 Å². The van der Waals surface area contributed by atoms with Gasteiger partial charge in [-0.2, -0.15) is 5.26 Å².